The minimum Gasteiger partial charge on any atom is -0.285 e. The van der Waals surface area contributed by atoms with E-state index in [-0.39, 0.29) is 0 Å². The van der Waals surface area contributed by atoms with Gasteiger partial charge in [0.15, 0.2) is 5.84 Å². The maximum atomic E-state index is 4.05. The number of hydrogen-bond donors (Lipinski definition) is 3. The van der Waals surface area contributed by atoms with Gasteiger partial charge in [0.05, 0.1) is 0 Å². The normalized spacial score (nSPS) is 15.3. The molecule has 0 bridgehead atoms. The molecule has 16 heavy (non-hydrogen) atoms. The van der Waals surface area contributed by atoms with Gasteiger partial charge in [0.1, 0.15) is 0 Å². The van der Waals surface area contributed by atoms with E-state index in [0.29, 0.717) is 5.41 Å². The Labute approximate surface area is 96.1 Å². The maximum Gasteiger partial charge on any atom is 0.170 e. The minimum absolute atomic E-state index is 0.327. The molecule has 1 aliphatic rings. The highest BCUT2D eigenvalue weighted by Gasteiger charge is 2.12. The molecule has 86 valence electrons. The van der Waals surface area contributed by atoms with Crippen molar-refractivity contribution < 1.29 is 0 Å². The van der Waals surface area contributed by atoms with Crippen LogP contribution in [0.2, 0.25) is 0 Å². The molecule has 0 saturated heterocycles. The van der Waals surface area contributed by atoms with Crippen molar-refractivity contribution in [2.75, 3.05) is 0 Å². The lowest BCUT2D eigenvalue weighted by Crippen LogP contribution is -2.35. The largest absolute Gasteiger partial charge is 0.285 e. The Morgan fingerprint density at radius 3 is 2.31 bits per heavy atom. The molecule has 1 aromatic rings. The molecule has 0 radical (unpaired) electrons. The van der Waals surface area contributed by atoms with Crippen molar-refractivity contribution in [3.05, 3.63) is 35.4 Å². The number of hydrazine groups is 2. The van der Waals surface area contributed by atoms with Gasteiger partial charge in [0.2, 0.25) is 0 Å². The number of nitrogens with zero attached hydrogens (tertiary/aromatic N) is 1. The average Bonchev–Trinajstić information content (AvgIpc) is 2.69. The molecule has 0 aromatic heterocycles. The highest BCUT2D eigenvalue weighted by Crippen LogP contribution is 2.20. The quantitative estimate of drug-likeness (QED) is 0.706. The van der Waals surface area contributed by atoms with Crippen LogP contribution in [0.15, 0.2) is 29.4 Å². The van der Waals surface area contributed by atoms with Crippen LogP contribution in [0.25, 0.3) is 0 Å². The number of hydrazone groups is 1. The van der Waals surface area contributed by atoms with E-state index in [1.165, 1.54) is 5.56 Å². The Hall–Kier alpha value is -1.55. The summed E-state index contributed by atoms with van der Waals surface area (Å²) >= 11 is 0. The smallest absolute Gasteiger partial charge is 0.170 e. The Morgan fingerprint density at radius 1 is 1.12 bits per heavy atom. The summed E-state index contributed by atoms with van der Waals surface area (Å²) in [6.07, 6.45) is 1.09. The highest BCUT2D eigenvalue weighted by molar-refractivity contribution is 5.98. The number of hydrogen-bond acceptors (Lipinski definition) is 4. The van der Waals surface area contributed by atoms with Gasteiger partial charge in [-0.25, -0.2) is 5.53 Å². The SMILES string of the molecule is CC(C)(C)Cc1ccc(C2=NNNN2)cc1. The van der Waals surface area contributed by atoms with Crippen LogP contribution in [0.5, 0.6) is 0 Å². The molecule has 1 aromatic carbocycles. The van der Waals surface area contributed by atoms with Crippen molar-refractivity contribution in [2.45, 2.75) is 27.2 Å². The van der Waals surface area contributed by atoms with E-state index in [4.69, 9.17) is 0 Å². The van der Waals surface area contributed by atoms with Crippen molar-refractivity contribution in [3.8, 4) is 0 Å². The second-order valence-electron chi connectivity index (χ2n) is 5.26. The van der Waals surface area contributed by atoms with E-state index in [1.54, 1.807) is 0 Å². The monoisotopic (exact) mass is 218 g/mol. The van der Waals surface area contributed by atoms with Gasteiger partial charge in [0.25, 0.3) is 0 Å². The Bertz CT molecular complexity index is 386. The molecule has 1 heterocycles. The van der Waals surface area contributed by atoms with Crippen LogP contribution in [0, 0.1) is 5.41 Å². The zero-order chi connectivity index (χ0) is 11.6. The molecule has 0 unspecified atom stereocenters. The lowest BCUT2D eigenvalue weighted by atomic mass is 9.88. The van der Waals surface area contributed by atoms with Crippen molar-refractivity contribution in [1.82, 2.24) is 16.5 Å². The van der Waals surface area contributed by atoms with Crippen LogP contribution < -0.4 is 16.5 Å². The number of rotatable bonds is 2. The summed E-state index contributed by atoms with van der Waals surface area (Å²) in [5.74, 6) is 0.822. The standard InChI is InChI=1S/C12H18N4/c1-12(2,3)8-9-4-6-10(7-5-9)11-13-15-16-14-11/h4-7,15-16H,8H2,1-3H3,(H,13,14). The maximum absolute atomic E-state index is 4.05. The fourth-order valence-corrected chi connectivity index (χ4v) is 1.73. The van der Waals surface area contributed by atoms with E-state index < -0.39 is 0 Å². The Morgan fingerprint density at radius 2 is 1.81 bits per heavy atom. The summed E-state index contributed by atoms with van der Waals surface area (Å²) < 4.78 is 0. The van der Waals surface area contributed by atoms with E-state index in [1.807, 2.05) is 0 Å². The molecule has 3 N–H and O–H groups in total. The zero-order valence-electron chi connectivity index (χ0n) is 9.96. The first-order valence-electron chi connectivity index (χ1n) is 5.48. The van der Waals surface area contributed by atoms with Gasteiger partial charge in [0, 0.05) is 5.56 Å². The average molecular weight is 218 g/mol. The molecular formula is C12H18N4. The van der Waals surface area contributed by atoms with Gasteiger partial charge in [-0.2, -0.15) is 0 Å². The molecule has 4 heteroatoms. The van der Waals surface area contributed by atoms with Gasteiger partial charge in [-0.05, 0) is 17.4 Å². The van der Waals surface area contributed by atoms with Crippen molar-refractivity contribution in [2.24, 2.45) is 10.5 Å². The van der Waals surface area contributed by atoms with E-state index in [0.717, 1.165) is 17.8 Å². The van der Waals surface area contributed by atoms with Crippen LogP contribution in [0.3, 0.4) is 0 Å². The summed E-state index contributed by atoms with van der Waals surface area (Å²) in [6, 6.07) is 8.48. The molecule has 0 amide bonds. The third-order valence-electron chi connectivity index (χ3n) is 2.37. The summed E-state index contributed by atoms with van der Waals surface area (Å²) in [5.41, 5.74) is 11.1. The topological polar surface area (TPSA) is 48.5 Å². The third kappa shape index (κ3) is 2.73. The van der Waals surface area contributed by atoms with Crippen LogP contribution in [0.4, 0.5) is 0 Å². The molecule has 1 aliphatic heterocycles. The first-order valence-corrected chi connectivity index (χ1v) is 5.48. The molecule has 0 atom stereocenters. The molecule has 0 spiro atoms. The molecular weight excluding hydrogens is 200 g/mol. The lowest BCUT2D eigenvalue weighted by molar-refractivity contribution is 0.411. The van der Waals surface area contributed by atoms with Gasteiger partial charge >= 0.3 is 0 Å². The van der Waals surface area contributed by atoms with Crippen LogP contribution >= 0.6 is 0 Å². The van der Waals surface area contributed by atoms with Crippen LogP contribution in [0.1, 0.15) is 31.9 Å². The first-order chi connectivity index (χ1) is 7.54. The van der Waals surface area contributed by atoms with Gasteiger partial charge < -0.3 is 0 Å². The number of benzene rings is 1. The lowest BCUT2D eigenvalue weighted by Gasteiger charge is -2.18. The van der Waals surface area contributed by atoms with E-state index in [9.17, 15) is 0 Å². The Balaban J connectivity index is 2.10. The van der Waals surface area contributed by atoms with Crippen LogP contribution in [-0.2, 0) is 6.42 Å². The number of amidine groups is 1. The van der Waals surface area contributed by atoms with Crippen molar-refractivity contribution in [1.29, 1.82) is 0 Å². The summed E-state index contributed by atoms with van der Waals surface area (Å²) in [6.45, 7) is 6.74. The number of nitrogens with one attached hydrogen (secondary N) is 3. The van der Waals surface area contributed by atoms with Crippen molar-refractivity contribution >= 4 is 5.84 Å². The fraction of sp³-hybridized carbons (Fsp3) is 0.417. The first kappa shape index (κ1) is 11.0. The fourth-order valence-electron chi connectivity index (χ4n) is 1.73. The Kier molecular flexibility index (Phi) is 2.83. The second-order valence-corrected chi connectivity index (χ2v) is 5.26. The predicted octanol–water partition coefficient (Wildman–Crippen LogP) is 1.55. The molecule has 0 aliphatic carbocycles. The second kappa shape index (κ2) is 4.14. The highest BCUT2D eigenvalue weighted by atomic mass is 15.8. The van der Waals surface area contributed by atoms with Gasteiger partial charge in [-0.15, -0.1) is 10.6 Å². The summed E-state index contributed by atoms with van der Waals surface area (Å²) in [4.78, 5) is 0. The zero-order valence-corrected chi connectivity index (χ0v) is 9.96. The molecule has 2 rings (SSSR count). The van der Waals surface area contributed by atoms with Crippen LogP contribution in [-0.4, -0.2) is 5.84 Å². The van der Waals surface area contributed by atoms with E-state index >= 15 is 0 Å². The third-order valence-corrected chi connectivity index (χ3v) is 2.37. The van der Waals surface area contributed by atoms with Gasteiger partial charge in [-0.3, -0.25) is 5.43 Å². The van der Waals surface area contributed by atoms with Gasteiger partial charge in [-0.1, -0.05) is 45.0 Å². The molecule has 0 fully saturated rings. The predicted molar refractivity (Wildman–Crippen MR) is 65.5 cm³/mol. The minimum atomic E-state index is 0.327. The summed E-state index contributed by atoms with van der Waals surface area (Å²) in [5, 5.41) is 4.05. The van der Waals surface area contributed by atoms with E-state index in [2.05, 4.69) is 66.6 Å². The molecule has 4 nitrogen and oxygen atoms in total. The summed E-state index contributed by atoms with van der Waals surface area (Å²) in [7, 11) is 0. The van der Waals surface area contributed by atoms with Crippen molar-refractivity contribution in [3.63, 3.8) is 0 Å². The molecule has 0 saturated carbocycles.